The van der Waals surface area contributed by atoms with Crippen LogP contribution in [0, 0.1) is 17.8 Å². The van der Waals surface area contributed by atoms with Crippen molar-refractivity contribution in [3.63, 3.8) is 0 Å². The number of rotatable bonds is 2. The molecule has 0 amide bonds. The number of carbonyl (C=O) groups excluding carboxylic acids is 1. The highest BCUT2D eigenvalue weighted by atomic mass is 35.5. The SMILES string of the molecule is O=C(c1sccc1Cl)C1CC2CC2C1. The minimum Gasteiger partial charge on any atom is -0.293 e. The Morgan fingerprint density at radius 2 is 2.07 bits per heavy atom. The van der Waals surface area contributed by atoms with Gasteiger partial charge in [0, 0.05) is 5.92 Å². The Labute approximate surface area is 92.1 Å². The first kappa shape index (κ1) is 8.93. The average Bonchev–Trinajstić information content (AvgIpc) is 2.64. The summed E-state index contributed by atoms with van der Waals surface area (Å²) in [7, 11) is 0. The van der Waals surface area contributed by atoms with Gasteiger partial charge in [0.05, 0.1) is 9.90 Å². The first-order chi connectivity index (χ1) is 6.75. The fraction of sp³-hybridized carbons (Fsp3) is 0.545. The van der Waals surface area contributed by atoms with Crippen LogP contribution in [0.3, 0.4) is 0 Å². The summed E-state index contributed by atoms with van der Waals surface area (Å²) in [6, 6.07) is 1.81. The highest BCUT2D eigenvalue weighted by molar-refractivity contribution is 7.12. The van der Waals surface area contributed by atoms with Crippen LogP contribution in [-0.2, 0) is 0 Å². The van der Waals surface area contributed by atoms with Crippen LogP contribution in [0.4, 0.5) is 0 Å². The van der Waals surface area contributed by atoms with Gasteiger partial charge in [-0.15, -0.1) is 11.3 Å². The number of carbonyl (C=O) groups is 1. The van der Waals surface area contributed by atoms with Crippen LogP contribution in [0.2, 0.25) is 5.02 Å². The molecule has 0 aliphatic heterocycles. The van der Waals surface area contributed by atoms with E-state index >= 15 is 0 Å². The van der Waals surface area contributed by atoms with Gasteiger partial charge in [0.1, 0.15) is 0 Å². The van der Waals surface area contributed by atoms with Gasteiger partial charge in [-0.3, -0.25) is 4.79 Å². The third-order valence-electron chi connectivity index (χ3n) is 3.46. The molecule has 1 aromatic heterocycles. The Bertz CT molecular complexity index is 374. The van der Waals surface area contributed by atoms with Crippen LogP contribution in [0.1, 0.15) is 28.9 Å². The van der Waals surface area contributed by atoms with Crippen molar-refractivity contribution in [1.82, 2.24) is 0 Å². The van der Waals surface area contributed by atoms with E-state index in [2.05, 4.69) is 0 Å². The van der Waals surface area contributed by atoms with Crippen molar-refractivity contribution in [2.45, 2.75) is 19.3 Å². The molecule has 0 aromatic carbocycles. The molecule has 0 saturated heterocycles. The molecule has 2 aliphatic rings. The van der Waals surface area contributed by atoms with E-state index in [0.29, 0.717) is 5.02 Å². The zero-order valence-electron chi connectivity index (χ0n) is 7.70. The third-order valence-corrected chi connectivity index (χ3v) is 4.81. The van der Waals surface area contributed by atoms with Crippen molar-refractivity contribution in [3.05, 3.63) is 21.3 Å². The molecule has 2 unspecified atom stereocenters. The molecular weight excluding hydrogens is 216 g/mol. The molecule has 2 fully saturated rings. The highest BCUT2D eigenvalue weighted by Gasteiger charge is 2.48. The number of fused-ring (bicyclic) bond motifs is 1. The van der Waals surface area contributed by atoms with Crippen molar-refractivity contribution in [3.8, 4) is 0 Å². The molecule has 3 heteroatoms. The van der Waals surface area contributed by atoms with E-state index in [4.69, 9.17) is 11.6 Å². The quantitative estimate of drug-likeness (QED) is 0.704. The summed E-state index contributed by atoms with van der Waals surface area (Å²) in [5.41, 5.74) is 0. The maximum atomic E-state index is 12.0. The first-order valence-electron chi connectivity index (χ1n) is 5.03. The maximum Gasteiger partial charge on any atom is 0.177 e. The largest absolute Gasteiger partial charge is 0.293 e. The van der Waals surface area contributed by atoms with Crippen LogP contribution in [-0.4, -0.2) is 5.78 Å². The smallest absolute Gasteiger partial charge is 0.177 e. The molecule has 2 aliphatic carbocycles. The Hall–Kier alpha value is -0.340. The van der Waals surface area contributed by atoms with E-state index in [1.54, 1.807) is 0 Å². The molecule has 0 bridgehead atoms. The number of ketones is 1. The van der Waals surface area contributed by atoms with Crippen LogP contribution in [0.25, 0.3) is 0 Å². The molecule has 0 spiro atoms. The lowest BCUT2D eigenvalue weighted by Crippen LogP contribution is -2.11. The second kappa shape index (κ2) is 3.07. The van der Waals surface area contributed by atoms with Crippen LogP contribution < -0.4 is 0 Å². The topological polar surface area (TPSA) is 17.1 Å². The standard InChI is InChI=1S/C11H11ClOS/c12-9-1-2-14-11(9)10(13)8-4-6-3-7(6)5-8/h1-2,6-8H,3-5H2. The van der Waals surface area contributed by atoms with Crippen molar-refractivity contribution in [1.29, 1.82) is 0 Å². The molecule has 1 aromatic rings. The summed E-state index contributed by atoms with van der Waals surface area (Å²) in [6.07, 6.45) is 3.58. The zero-order chi connectivity index (χ0) is 9.71. The first-order valence-corrected chi connectivity index (χ1v) is 6.28. The third kappa shape index (κ3) is 1.32. The molecule has 14 heavy (non-hydrogen) atoms. The molecule has 0 radical (unpaired) electrons. The van der Waals surface area contributed by atoms with Crippen molar-refractivity contribution < 1.29 is 4.79 Å². The summed E-state index contributed by atoms with van der Waals surface area (Å²) in [6.45, 7) is 0. The number of hydrogen-bond acceptors (Lipinski definition) is 2. The summed E-state index contributed by atoms with van der Waals surface area (Å²) in [4.78, 5) is 12.8. The van der Waals surface area contributed by atoms with Gasteiger partial charge < -0.3 is 0 Å². The van der Waals surface area contributed by atoms with Gasteiger partial charge in [-0.1, -0.05) is 11.6 Å². The Kier molecular flexibility index (Phi) is 1.96. The Morgan fingerprint density at radius 1 is 1.36 bits per heavy atom. The lowest BCUT2D eigenvalue weighted by atomic mass is 9.97. The second-order valence-electron chi connectivity index (χ2n) is 4.39. The van der Waals surface area contributed by atoms with Crippen molar-refractivity contribution in [2.24, 2.45) is 17.8 Å². The second-order valence-corrected chi connectivity index (χ2v) is 5.71. The van der Waals surface area contributed by atoms with Crippen LogP contribution >= 0.6 is 22.9 Å². The molecule has 2 atom stereocenters. The Balaban J connectivity index is 1.79. The summed E-state index contributed by atoms with van der Waals surface area (Å²) >= 11 is 7.43. The van der Waals surface area contributed by atoms with Crippen molar-refractivity contribution in [2.75, 3.05) is 0 Å². The Morgan fingerprint density at radius 3 is 2.64 bits per heavy atom. The number of Topliss-reactive ketones (excluding diaryl/α,β-unsaturated/α-hetero) is 1. The fourth-order valence-electron chi connectivity index (χ4n) is 2.58. The van der Waals surface area contributed by atoms with Gasteiger partial charge in [-0.2, -0.15) is 0 Å². The average molecular weight is 227 g/mol. The predicted octanol–water partition coefficient (Wildman–Crippen LogP) is 3.63. The van der Waals surface area contributed by atoms with E-state index in [1.807, 2.05) is 11.4 Å². The van der Waals surface area contributed by atoms with Crippen molar-refractivity contribution >= 4 is 28.7 Å². The van der Waals surface area contributed by atoms with Gasteiger partial charge in [0.25, 0.3) is 0 Å². The van der Waals surface area contributed by atoms with Crippen LogP contribution in [0.15, 0.2) is 11.4 Å². The number of hydrogen-bond donors (Lipinski definition) is 0. The minimum atomic E-state index is 0.273. The lowest BCUT2D eigenvalue weighted by Gasteiger charge is -2.08. The lowest BCUT2D eigenvalue weighted by molar-refractivity contribution is 0.0919. The zero-order valence-corrected chi connectivity index (χ0v) is 9.27. The monoisotopic (exact) mass is 226 g/mol. The molecular formula is C11H11ClOS. The van der Waals surface area contributed by atoms with E-state index in [9.17, 15) is 4.79 Å². The van der Waals surface area contributed by atoms with Gasteiger partial charge in [-0.05, 0) is 42.5 Å². The fourth-order valence-corrected chi connectivity index (χ4v) is 3.75. The number of halogens is 1. The minimum absolute atomic E-state index is 0.273. The molecule has 1 heterocycles. The summed E-state index contributed by atoms with van der Waals surface area (Å²) in [5.74, 6) is 2.29. The van der Waals surface area contributed by atoms with Gasteiger partial charge in [0.2, 0.25) is 0 Å². The van der Waals surface area contributed by atoms with Gasteiger partial charge in [0.15, 0.2) is 5.78 Å². The van der Waals surface area contributed by atoms with Gasteiger partial charge in [-0.25, -0.2) is 0 Å². The van der Waals surface area contributed by atoms with E-state index < -0.39 is 0 Å². The summed E-state index contributed by atoms with van der Waals surface area (Å²) in [5, 5.41) is 2.53. The highest BCUT2D eigenvalue weighted by Crippen LogP contribution is 2.55. The molecule has 1 nitrogen and oxygen atoms in total. The van der Waals surface area contributed by atoms with Gasteiger partial charge >= 0.3 is 0 Å². The van der Waals surface area contributed by atoms with E-state index in [0.717, 1.165) is 29.6 Å². The predicted molar refractivity (Wildman–Crippen MR) is 58.0 cm³/mol. The van der Waals surface area contributed by atoms with E-state index in [1.165, 1.54) is 17.8 Å². The molecule has 0 N–H and O–H groups in total. The summed E-state index contributed by atoms with van der Waals surface area (Å²) < 4.78 is 0. The maximum absolute atomic E-state index is 12.0. The van der Waals surface area contributed by atoms with E-state index in [-0.39, 0.29) is 11.7 Å². The molecule has 3 rings (SSSR count). The normalized spacial score (nSPS) is 34.2. The van der Waals surface area contributed by atoms with Crippen LogP contribution in [0.5, 0.6) is 0 Å². The number of thiophene rings is 1. The molecule has 2 saturated carbocycles. The molecule has 74 valence electrons.